The number of para-hydroxylation sites is 1. The highest BCUT2D eigenvalue weighted by molar-refractivity contribution is 9.10. The molecule has 0 saturated heterocycles. The lowest BCUT2D eigenvalue weighted by Gasteiger charge is -2.05. The fraction of sp³-hybridized carbons (Fsp3) is 0.105. The van der Waals surface area contributed by atoms with Crippen molar-refractivity contribution in [2.45, 2.75) is 13.8 Å². The lowest BCUT2D eigenvalue weighted by molar-refractivity contribution is 1.34. The summed E-state index contributed by atoms with van der Waals surface area (Å²) in [7, 11) is 0. The van der Waals surface area contributed by atoms with E-state index in [4.69, 9.17) is 4.98 Å². The van der Waals surface area contributed by atoms with Gasteiger partial charge in [0.25, 0.3) is 0 Å². The van der Waals surface area contributed by atoms with Crippen LogP contribution in [0.2, 0.25) is 0 Å². The molecule has 0 bridgehead atoms. The van der Waals surface area contributed by atoms with Gasteiger partial charge >= 0.3 is 0 Å². The zero-order chi connectivity index (χ0) is 15.3. The van der Waals surface area contributed by atoms with Crippen molar-refractivity contribution in [2.24, 2.45) is 0 Å². The number of halogens is 1. The predicted octanol–water partition coefficient (Wildman–Crippen LogP) is 5.76. The SMILES string of the molecule is Cc1ccc2c(-c3ccc4cccc(Br)c4n3)c[nH]c2c1C. The van der Waals surface area contributed by atoms with Gasteiger partial charge in [-0.1, -0.05) is 30.3 Å². The summed E-state index contributed by atoms with van der Waals surface area (Å²) in [5, 5.41) is 2.37. The van der Waals surface area contributed by atoms with E-state index in [-0.39, 0.29) is 0 Å². The number of H-pyrrole nitrogens is 1. The van der Waals surface area contributed by atoms with Gasteiger partial charge in [-0.15, -0.1) is 0 Å². The first-order valence-corrected chi connectivity index (χ1v) is 8.07. The fourth-order valence-electron chi connectivity index (χ4n) is 2.92. The Morgan fingerprint density at radius 2 is 1.86 bits per heavy atom. The van der Waals surface area contributed by atoms with Crippen LogP contribution < -0.4 is 0 Å². The molecule has 0 aliphatic rings. The lowest BCUT2D eigenvalue weighted by atomic mass is 10.0. The molecule has 2 aromatic heterocycles. The minimum atomic E-state index is 0.994. The maximum Gasteiger partial charge on any atom is 0.0851 e. The highest BCUT2D eigenvalue weighted by Gasteiger charge is 2.11. The zero-order valence-electron chi connectivity index (χ0n) is 12.4. The number of aromatic amines is 1. The van der Waals surface area contributed by atoms with Crippen LogP contribution in [0, 0.1) is 13.8 Å². The van der Waals surface area contributed by atoms with Gasteiger partial charge in [0.15, 0.2) is 0 Å². The highest BCUT2D eigenvalue weighted by atomic mass is 79.9. The Morgan fingerprint density at radius 3 is 2.73 bits per heavy atom. The Bertz CT molecular complexity index is 1010. The van der Waals surface area contributed by atoms with E-state index in [1.54, 1.807) is 0 Å². The van der Waals surface area contributed by atoms with Crippen molar-refractivity contribution >= 4 is 37.7 Å². The average molecular weight is 351 g/mol. The van der Waals surface area contributed by atoms with Gasteiger partial charge in [-0.05, 0) is 53.0 Å². The van der Waals surface area contributed by atoms with E-state index < -0.39 is 0 Å². The molecule has 4 aromatic rings. The van der Waals surface area contributed by atoms with Crippen molar-refractivity contribution in [3.05, 3.63) is 64.3 Å². The number of hydrogen-bond acceptors (Lipinski definition) is 1. The molecule has 22 heavy (non-hydrogen) atoms. The highest BCUT2D eigenvalue weighted by Crippen LogP contribution is 2.32. The van der Waals surface area contributed by atoms with Crippen LogP contribution in [0.1, 0.15) is 11.1 Å². The van der Waals surface area contributed by atoms with E-state index in [0.29, 0.717) is 0 Å². The number of aryl methyl sites for hydroxylation is 2. The van der Waals surface area contributed by atoms with Crippen LogP contribution in [-0.4, -0.2) is 9.97 Å². The van der Waals surface area contributed by atoms with Crippen molar-refractivity contribution in [1.29, 1.82) is 0 Å². The molecule has 2 aromatic carbocycles. The largest absolute Gasteiger partial charge is 0.360 e. The lowest BCUT2D eigenvalue weighted by Crippen LogP contribution is -1.86. The van der Waals surface area contributed by atoms with Crippen molar-refractivity contribution in [2.75, 3.05) is 0 Å². The summed E-state index contributed by atoms with van der Waals surface area (Å²) in [5.74, 6) is 0. The zero-order valence-corrected chi connectivity index (χ0v) is 14.0. The molecule has 4 rings (SSSR count). The number of hydrogen-bond donors (Lipinski definition) is 1. The smallest absolute Gasteiger partial charge is 0.0851 e. The second kappa shape index (κ2) is 4.96. The molecule has 0 amide bonds. The Balaban J connectivity index is 1.99. The summed E-state index contributed by atoms with van der Waals surface area (Å²) in [6, 6.07) is 14.7. The molecule has 0 unspecified atom stereocenters. The maximum atomic E-state index is 4.85. The van der Waals surface area contributed by atoms with Crippen molar-refractivity contribution in [1.82, 2.24) is 9.97 Å². The minimum Gasteiger partial charge on any atom is -0.360 e. The van der Waals surface area contributed by atoms with E-state index in [1.807, 2.05) is 12.1 Å². The number of rotatable bonds is 1. The predicted molar refractivity (Wildman–Crippen MR) is 96.2 cm³/mol. The molecule has 0 saturated carbocycles. The molecule has 108 valence electrons. The number of benzene rings is 2. The van der Waals surface area contributed by atoms with Crippen LogP contribution in [0.15, 0.2) is 53.1 Å². The first-order valence-electron chi connectivity index (χ1n) is 7.28. The molecule has 3 heteroatoms. The van der Waals surface area contributed by atoms with Crippen LogP contribution in [-0.2, 0) is 0 Å². The van der Waals surface area contributed by atoms with Crippen molar-refractivity contribution in [3.8, 4) is 11.3 Å². The van der Waals surface area contributed by atoms with Gasteiger partial charge in [0.05, 0.1) is 11.2 Å². The summed E-state index contributed by atoms with van der Waals surface area (Å²) in [6.45, 7) is 4.29. The normalized spacial score (nSPS) is 11.4. The van der Waals surface area contributed by atoms with Gasteiger partial charge in [0.2, 0.25) is 0 Å². The van der Waals surface area contributed by atoms with Gasteiger partial charge in [-0.3, -0.25) is 0 Å². The standard InChI is InChI=1S/C19H15BrN2/c1-11-6-8-14-15(10-21-18(14)12(11)2)17-9-7-13-4-3-5-16(20)19(13)22-17/h3-10,21H,1-2H3. The topological polar surface area (TPSA) is 28.7 Å². The molecule has 0 atom stereocenters. The van der Waals surface area contributed by atoms with Crippen LogP contribution >= 0.6 is 15.9 Å². The third-order valence-electron chi connectivity index (χ3n) is 4.33. The third kappa shape index (κ3) is 1.97. The average Bonchev–Trinajstić information content (AvgIpc) is 2.96. The first-order chi connectivity index (χ1) is 10.6. The summed E-state index contributed by atoms with van der Waals surface area (Å²) in [4.78, 5) is 8.26. The Hall–Kier alpha value is -2.13. The van der Waals surface area contributed by atoms with Crippen LogP contribution in [0.5, 0.6) is 0 Å². The van der Waals surface area contributed by atoms with Crippen LogP contribution in [0.3, 0.4) is 0 Å². The molecular formula is C19H15BrN2. The van der Waals surface area contributed by atoms with E-state index in [1.165, 1.54) is 22.0 Å². The Morgan fingerprint density at radius 1 is 1.00 bits per heavy atom. The second-order valence-electron chi connectivity index (χ2n) is 5.64. The number of aromatic nitrogens is 2. The van der Waals surface area contributed by atoms with Crippen molar-refractivity contribution in [3.63, 3.8) is 0 Å². The van der Waals surface area contributed by atoms with Crippen LogP contribution in [0.4, 0.5) is 0 Å². The quantitative estimate of drug-likeness (QED) is 0.464. The molecule has 1 N–H and O–H groups in total. The van der Waals surface area contributed by atoms with E-state index in [2.05, 4.69) is 71.3 Å². The van der Waals surface area contributed by atoms with Crippen molar-refractivity contribution < 1.29 is 0 Å². The van der Waals surface area contributed by atoms with Gasteiger partial charge in [0.1, 0.15) is 0 Å². The molecular weight excluding hydrogens is 336 g/mol. The van der Waals surface area contributed by atoms with Gasteiger partial charge < -0.3 is 4.98 Å². The fourth-order valence-corrected chi connectivity index (χ4v) is 3.39. The molecule has 0 aliphatic heterocycles. The number of nitrogens with zero attached hydrogens (tertiary/aromatic N) is 1. The monoisotopic (exact) mass is 350 g/mol. The first kappa shape index (κ1) is 13.5. The van der Waals surface area contributed by atoms with Crippen LogP contribution in [0.25, 0.3) is 33.1 Å². The molecule has 0 aliphatic carbocycles. The van der Waals surface area contributed by atoms with Gasteiger partial charge in [-0.25, -0.2) is 4.98 Å². The summed E-state index contributed by atoms with van der Waals surface area (Å²) in [5.41, 5.74) is 6.94. The number of fused-ring (bicyclic) bond motifs is 2. The molecule has 0 fully saturated rings. The Kier molecular flexibility index (Phi) is 3.05. The molecule has 0 spiro atoms. The number of pyridine rings is 1. The van der Waals surface area contributed by atoms with E-state index in [0.717, 1.165) is 26.6 Å². The summed E-state index contributed by atoms with van der Waals surface area (Å²) in [6.07, 6.45) is 2.06. The molecule has 2 heterocycles. The van der Waals surface area contributed by atoms with E-state index >= 15 is 0 Å². The number of nitrogens with one attached hydrogen (secondary N) is 1. The molecule has 2 nitrogen and oxygen atoms in total. The summed E-state index contributed by atoms with van der Waals surface area (Å²) >= 11 is 3.59. The second-order valence-corrected chi connectivity index (χ2v) is 6.49. The maximum absolute atomic E-state index is 4.85. The summed E-state index contributed by atoms with van der Waals surface area (Å²) < 4.78 is 1.03. The minimum absolute atomic E-state index is 0.994. The van der Waals surface area contributed by atoms with Gasteiger partial charge in [0, 0.05) is 32.5 Å². The van der Waals surface area contributed by atoms with Gasteiger partial charge in [-0.2, -0.15) is 0 Å². The molecule has 0 radical (unpaired) electrons. The van der Waals surface area contributed by atoms with E-state index in [9.17, 15) is 0 Å². The third-order valence-corrected chi connectivity index (χ3v) is 4.97. The Labute approximate surface area is 137 Å².